The number of alkyl carbamates (subject to hydrolysis) is 1. The van der Waals surface area contributed by atoms with Gasteiger partial charge in [0.15, 0.2) is 0 Å². The Labute approximate surface area is 258 Å². The number of aromatic nitrogens is 1. The summed E-state index contributed by atoms with van der Waals surface area (Å²) in [5.41, 5.74) is 6.12. The molecule has 0 radical (unpaired) electrons. The van der Waals surface area contributed by atoms with Crippen molar-refractivity contribution in [2.45, 2.75) is 49.9 Å². The number of hydrogen-bond acceptors (Lipinski definition) is 6. The van der Waals surface area contributed by atoms with Crippen molar-refractivity contribution < 1.29 is 24.2 Å². The lowest BCUT2D eigenvalue weighted by Gasteiger charge is -2.23. The molecule has 1 heterocycles. The minimum absolute atomic E-state index is 0.0682. The molecule has 1 aliphatic rings. The Morgan fingerprint density at radius 1 is 0.907 bits per heavy atom. The molecule has 0 unspecified atom stereocenters. The first-order valence-corrected chi connectivity index (χ1v) is 16.4. The van der Waals surface area contributed by atoms with E-state index < -0.39 is 30.1 Å². The van der Waals surface area contributed by atoms with Gasteiger partial charge < -0.3 is 25.5 Å². The highest BCUT2D eigenvalue weighted by atomic mass is 33.1. The lowest BCUT2D eigenvalue weighted by atomic mass is 9.98. The highest BCUT2D eigenvalue weighted by Gasteiger charge is 2.31. The van der Waals surface area contributed by atoms with Crippen LogP contribution in [0.1, 0.15) is 43.4 Å². The molecule has 3 aromatic carbocycles. The number of carbonyl (C=O) groups excluding carboxylic acids is 2. The van der Waals surface area contributed by atoms with Crippen molar-refractivity contribution in [1.29, 1.82) is 0 Å². The van der Waals surface area contributed by atoms with E-state index in [1.54, 1.807) is 17.0 Å². The van der Waals surface area contributed by atoms with Gasteiger partial charge in [0.1, 0.15) is 18.7 Å². The third-order valence-corrected chi connectivity index (χ3v) is 10.6. The highest BCUT2D eigenvalue weighted by molar-refractivity contribution is 8.77. The SMILES string of the molecule is CC(C)(C)SSC[C@@H](NC(=O)[C@H](Cc1c[nH]c2ccccc12)NC(=O)OCC1c2ccccc2-c2ccccc21)C(=O)O. The van der Waals surface area contributed by atoms with Crippen molar-refractivity contribution in [3.63, 3.8) is 0 Å². The normalized spacial score (nSPS) is 14.0. The molecule has 2 amide bonds. The number of nitrogens with one attached hydrogen (secondary N) is 3. The fourth-order valence-electron chi connectivity index (χ4n) is 5.24. The van der Waals surface area contributed by atoms with Gasteiger partial charge in [0.25, 0.3) is 0 Å². The number of benzene rings is 3. The van der Waals surface area contributed by atoms with E-state index in [9.17, 15) is 19.5 Å². The minimum atomic E-state index is -1.14. The molecule has 43 heavy (non-hydrogen) atoms. The standard InChI is InChI=1S/C33H35N3O5S2/c1-33(2,3)43-42-19-29(31(38)39)35-30(37)28(16-20-17-34-27-15-9-8-10-21(20)27)36-32(40)41-18-26-24-13-6-4-11-22(24)23-12-5-7-14-25(23)26/h4-15,17,26,28-29,34H,16,18-19H2,1-3H3,(H,35,37)(H,36,40)(H,38,39)/t28-,29+/m0/s1. The number of rotatable bonds is 11. The molecule has 0 aliphatic heterocycles. The monoisotopic (exact) mass is 617 g/mol. The predicted octanol–water partition coefficient (Wildman–Crippen LogP) is 6.37. The molecule has 10 heteroatoms. The fourth-order valence-corrected chi connectivity index (χ4v) is 7.69. The maximum Gasteiger partial charge on any atom is 0.407 e. The lowest BCUT2D eigenvalue weighted by Crippen LogP contribution is -2.53. The van der Waals surface area contributed by atoms with Crippen LogP contribution in [0.3, 0.4) is 0 Å². The molecule has 224 valence electrons. The molecule has 4 N–H and O–H groups in total. The van der Waals surface area contributed by atoms with E-state index in [0.29, 0.717) is 0 Å². The van der Waals surface area contributed by atoms with Gasteiger partial charge in [0, 0.05) is 39.9 Å². The number of para-hydroxylation sites is 1. The Hall–Kier alpha value is -3.89. The van der Waals surface area contributed by atoms with E-state index in [1.807, 2.05) is 81.4 Å². The van der Waals surface area contributed by atoms with Gasteiger partial charge in [0.05, 0.1) is 0 Å². The summed E-state index contributed by atoms with van der Waals surface area (Å²) < 4.78 is 5.65. The smallest absolute Gasteiger partial charge is 0.407 e. The molecular formula is C33H35N3O5S2. The quantitative estimate of drug-likeness (QED) is 0.144. The van der Waals surface area contributed by atoms with Crippen LogP contribution in [0.15, 0.2) is 79.0 Å². The molecule has 8 nitrogen and oxygen atoms in total. The maximum atomic E-state index is 13.5. The van der Waals surface area contributed by atoms with Gasteiger partial charge in [-0.15, -0.1) is 0 Å². The van der Waals surface area contributed by atoms with Crippen molar-refractivity contribution in [3.8, 4) is 11.1 Å². The van der Waals surface area contributed by atoms with E-state index in [2.05, 4.69) is 27.8 Å². The Balaban J connectivity index is 1.31. The van der Waals surface area contributed by atoms with Crippen molar-refractivity contribution in [2.24, 2.45) is 0 Å². The number of aromatic amines is 1. The van der Waals surface area contributed by atoms with Gasteiger partial charge in [0.2, 0.25) is 5.91 Å². The van der Waals surface area contributed by atoms with E-state index in [4.69, 9.17) is 4.74 Å². The highest BCUT2D eigenvalue weighted by Crippen LogP contribution is 2.44. The number of hydrogen-bond donors (Lipinski definition) is 4. The van der Waals surface area contributed by atoms with Crippen LogP contribution in [-0.2, 0) is 20.7 Å². The predicted molar refractivity (Wildman–Crippen MR) is 173 cm³/mol. The zero-order valence-corrected chi connectivity index (χ0v) is 25.9. The average molecular weight is 618 g/mol. The number of ether oxygens (including phenoxy) is 1. The number of carbonyl (C=O) groups is 3. The van der Waals surface area contributed by atoms with Crippen LogP contribution < -0.4 is 10.6 Å². The molecule has 0 saturated carbocycles. The van der Waals surface area contributed by atoms with Crippen LogP contribution in [0.4, 0.5) is 4.79 Å². The Bertz CT molecular complexity index is 1580. The van der Waals surface area contributed by atoms with Crippen molar-refractivity contribution in [3.05, 3.63) is 95.7 Å². The average Bonchev–Trinajstić information content (AvgIpc) is 3.53. The summed E-state index contributed by atoms with van der Waals surface area (Å²) in [6, 6.07) is 21.6. The van der Waals surface area contributed by atoms with Crippen molar-refractivity contribution in [1.82, 2.24) is 15.6 Å². The Kier molecular flexibility index (Phi) is 9.37. The van der Waals surface area contributed by atoms with E-state index in [0.717, 1.165) is 38.7 Å². The van der Waals surface area contributed by atoms with Crippen molar-refractivity contribution in [2.75, 3.05) is 12.4 Å². The van der Waals surface area contributed by atoms with Crippen LogP contribution in [0, 0.1) is 0 Å². The molecule has 0 bridgehead atoms. The summed E-state index contributed by atoms with van der Waals surface area (Å²) in [7, 11) is 2.93. The summed E-state index contributed by atoms with van der Waals surface area (Å²) in [4.78, 5) is 41.9. The zero-order valence-electron chi connectivity index (χ0n) is 24.3. The zero-order chi connectivity index (χ0) is 30.6. The van der Waals surface area contributed by atoms with Crippen molar-refractivity contribution >= 4 is 50.5 Å². The van der Waals surface area contributed by atoms with Crippen LogP contribution in [-0.4, -0.2) is 57.3 Å². The van der Waals surface area contributed by atoms with E-state index in [1.165, 1.54) is 10.8 Å². The van der Waals surface area contributed by atoms with Gasteiger partial charge in [-0.3, -0.25) is 4.79 Å². The summed E-state index contributed by atoms with van der Waals surface area (Å²) >= 11 is 0. The van der Waals surface area contributed by atoms with Gasteiger partial charge in [-0.1, -0.05) is 109 Å². The first-order valence-electron chi connectivity index (χ1n) is 14.1. The summed E-state index contributed by atoms with van der Waals surface area (Å²) in [5, 5.41) is 16.1. The minimum Gasteiger partial charge on any atom is -0.480 e. The molecule has 0 fully saturated rings. The third-order valence-electron chi connectivity index (χ3n) is 7.21. The van der Waals surface area contributed by atoms with Gasteiger partial charge >= 0.3 is 12.1 Å². The van der Waals surface area contributed by atoms with Crippen LogP contribution in [0.5, 0.6) is 0 Å². The number of aliphatic carboxylic acids is 1. The number of H-pyrrole nitrogens is 1. The molecule has 1 aliphatic carbocycles. The maximum absolute atomic E-state index is 13.5. The molecule has 5 rings (SSSR count). The first-order chi connectivity index (χ1) is 20.6. The molecule has 2 atom stereocenters. The molecule has 4 aromatic rings. The van der Waals surface area contributed by atoms with Gasteiger partial charge in [-0.05, 0) is 33.9 Å². The Morgan fingerprint density at radius 2 is 1.53 bits per heavy atom. The largest absolute Gasteiger partial charge is 0.480 e. The fraction of sp³-hybridized carbons (Fsp3) is 0.303. The Morgan fingerprint density at radius 3 is 2.19 bits per heavy atom. The molecule has 0 saturated heterocycles. The topological polar surface area (TPSA) is 121 Å². The van der Waals surface area contributed by atoms with Gasteiger partial charge in [-0.25, -0.2) is 9.59 Å². The van der Waals surface area contributed by atoms with Crippen LogP contribution >= 0.6 is 21.6 Å². The third kappa shape index (κ3) is 7.37. The van der Waals surface area contributed by atoms with E-state index >= 15 is 0 Å². The number of carboxylic acids is 1. The number of carboxylic acid groups (broad SMARTS) is 1. The second-order valence-electron chi connectivity index (χ2n) is 11.5. The lowest BCUT2D eigenvalue weighted by molar-refractivity contribution is -0.141. The number of fused-ring (bicyclic) bond motifs is 4. The summed E-state index contributed by atoms with van der Waals surface area (Å²) in [5.74, 6) is -1.68. The van der Waals surface area contributed by atoms with E-state index in [-0.39, 0.29) is 29.4 Å². The van der Waals surface area contributed by atoms with Crippen LogP contribution in [0.25, 0.3) is 22.0 Å². The van der Waals surface area contributed by atoms with Gasteiger partial charge in [-0.2, -0.15) is 0 Å². The second kappa shape index (κ2) is 13.2. The molecule has 1 aromatic heterocycles. The number of amides is 2. The van der Waals surface area contributed by atoms with Crippen LogP contribution in [0.2, 0.25) is 0 Å². The molecular weight excluding hydrogens is 583 g/mol. The summed E-state index contributed by atoms with van der Waals surface area (Å²) in [6.07, 6.45) is 1.21. The first kappa shape index (κ1) is 30.6. The summed E-state index contributed by atoms with van der Waals surface area (Å²) in [6.45, 7) is 6.21. The molecule has 0 spiro atoms. The second-order valence-corrected chi connectivity index (χ2v) is 14.6.